The Morgan fingerprint density at radius 1 is 1.44 bits per heavy atom. The second kappa shape index (κ2) is 6.21. The van der Waals surface area contributed by atoms with Crippen LogP contribution in [0.15, 0.2) is 24.3 Å². The second-order valence-electron chi connectivity index (χ2n) is 4.60. The molecule has 4 heteroatoms. The van der Waals surface area contributed by atoms with Gasteiger partial charge in [0.25, 0.3) is 0 Å². The van der Waals surface area contributed by atoms with Crippen LogP contribution < -0.4 is 0 Å². The van der Waals surface area contributed by atoms with E-state index in [1.165, 1.54) is 7.11 Å². The molecule has 0 N–H and O–H groups in total. The van der Waals surface area contributed by atoms with Gasteiger partial charge >= 0.3 is 5.97 Å². The molecule has 0 aromatic heterocycles. The van der Waals surface area contributed by atoms with Crippen molar-refractivity contribution in [1.82, 2.24) is 4.90 Å². The summed E-state index contributed by atoms with van der Waals surface area (Å²) in [7, 11) is 1.45. The third-order valence-electron chi connectivity index (χ3n) is 3.42. The fourth-order valence-corrected chi connectivity index (χ4v) is 2.62. The topological polar surface area (TPSA) is 29.5 Å². The van der Waals surface area contributed by atoms with Gasteiger partial charge in [0.15, 0.2) is 0 Å². The molecular weight excluding hydrogens is 250 g/mol. The third-order valence-corrected chi connectivity index (χ3v) is 3.79. The number of halogens is 1. The van der Waals surface area contributed by atoms with Gasteiger partial charge in [0.2, 0.25) is 0 Å². The quantitative estimate of drug-likeness (QED) is 0.789. The van der Waals surface area contributed by atoms with Gasteiger partial charge in [-0.1, -0.05) is 36.2 Å². The highest BCUT2D eigenvalue weighted by Crippen LogP contribution is 2.23. The molecule has 0 saturated carbocycles. The van der Waals surface area contributed by atoms with Gasteiger partial charge in [0.1, 0.15) is 6.04 Å². The van der Waals surface area contributed by atoms with Crippen LogP contribution in [0.3, 0.4) is 0 Å². The summed E-state index contributed by atoms with van der Waals surface area (Å²) in [6, 6.07) is 7.65. The zero-order valence-electron chi connectivity index (χ0n) is 10.6. The zero-order chi connectivity index (χ0) is 13.0. The summed E-state index contributed by atoms with van der Waals surface area (Å²) in [5.41, 5.74) is 1.06. The molecule has 0 bridgehead atoms. The lowest BCUT2D eigenvalue weighted by Gasteiger charge is -2.33. The number of benzene rings is 1. The Labute approximate surface area is 113 Å². The first kappa shape index (κ1) is 13.4. The van der Waals surface area contributed by atoms with Crippen molar-refractivity contribution >= 4 is 17.6 Å². The lowest BCUT2D eigenvalue weighted by atomic mass is 10.0. The van der Waals surface area contributed by atoms with E-state index in [1.807, 2.05) is 24.3 Å². The summed E-state index contributed by atoms with van der Waals surface area (Å²) < 4.78 is 4.87. The van der Waals surface area contributed by atoms with Crippen molar-refractivity contribution in [3.8, 4) is 0 Å². The van der Waals surface area contributed by atoms with Crippen LogP contribution in [-0.2, 0) is 16.1 Å². The van der Waals surface area contributed by atoms with E-state index in [0.29, 0.717) is 6.54 Å². The summed E-state index contributed by atoms with van der Waals surface area (Å²) in [5.74, 6) is -0.137. The summed E-state index contributed by atoms with van der Waals surface area (Å²) in [6.45, 7) is 1.63. The van der Waals surface area contributed by atoms with Gasteiger partial charge in [0, 0.05) is 11.6 Å². The average molecular weight is 268 g/mol. The molecule has 1 saturated heterocycles. The first-order valence-electron chi connectivity index (χ1n) is 6.27. The number of piperidine rings is 1. The maximum atomic E-state index is 11.8. The molecule has 0 spiro atoms. The molecule has 1 heterocycles. The maximum Gasteiger partial charge on any atom is 0.323 e. The van der Waals surface area contributed by atoms with Crippen LogP contribution in [0, 0.1) is 0 Å². The Kier molecular flexibility index (Phi) is 4.61. The van der Waals surface area contributed by atoms with E-state index in [-0.39, 0.29) is 12.0 Å². The van der Waals surface area contributed by atoms with Crippen molar-refractivity contribution in [2.24, 2.45) is 0 Å². The highest BCUT2D eigenvalue weighted by molar-refractivity contribution is 6.31. The third kappa shape index (κ3) is 3.03. The average Bonchev–Trinajstić information content (AvgIpc) is 2.41. The molecule has 0 radical (unpaired) electrons. The fraction of sp³-hybridized carbons (Fsp3) is 0.500. The van der Waals surface area contributed by atoms with Gasteiger partial charge in [-0.25, -0.2) is 0 Å². The lowest BCUT2D eigenvalue weighted by molar-refractivity contribution is -0.148. The standard InChI is InChI=1S/C14H18ClNO2/c1-18-14(17)13-8-4-5-9-16(13)10-11-6-2-3-7-12(11)15/h2-3,6-7,13H,4-5,8-10H2,1H3/t13-/m1/s1. The normalized spacial score (nSPS) is 20.7. The van der Waals surface area contributed by atoms with Crippen molar-refractivity contribution in [3.05, 3.63) is 34.9 Å². The summed E-state index contributed by atoms with van der Waals surface area (Å²) in [5, 5.41) is 0.756. The minimum absolute atomic E-state index is 0.125. The zero-order valence-corrected chi connectivity index (χ0v) is 11.3. The van der Waals surface area contributed by atoms with Gasteiger partial charge in [-0.05, 0) is 31.0 Å². The number of rotatable bonds is 3. The van der Waals surface area contributed by atoms with Crippen LogP contribution in [0.1, 0.15) is 24.8 Å². The van der Waals surface area contributed by atoms with E-state index in [9.17, 15) is 4.79 Å². The number of likely N-dealkylation sites (tertiary alicyclic amines) is 1. The molecular formula is C14H18ClNO2. The molecule has 18 heavy (non-hydrogen) atoms. The summed E-state index contributed by atoms with van der Waals surface area (Å²) >= 11 is 6.16. The van der Waals surface area contributed by atoms with Crippen LogP contribution in [-0.4, -0.2) is 30.6 Å². The highest BCUT2D eigenvalue weighted by atomic mass is 35.5. The van der Waals surface area contributed by atoms with E-state index in [2.05, 4.69) is 4.90 Å². The monoisotopic (exact) mass is 267 g/mol. The SMILES string of the molecule is COC(=O)[C@H]1CCCCN1Cc1ccccc1Cl. The van der Waals surface area contributed by atoms with Crippen LogP contribution in [0.2, 0.25) is 5.02 Å². The Balaban J connectivity index is 2.10. The molecule has 1 fully saturated rings. The Morgan fingerprint density at radius 3 is 2.94 bits per heavy atom. The van der Waals surface area contributed by atoms with Crippen LogP contribution in [0.25, 0.3) is 0 Å². The predicted octanol–water partition coefficient (Wildman–Crippen LogP) is 2.87. The minimum Gasteiger partial charge on any atom is -0.468 e. The lowest BCUT2D eigenvalue weighted by Crippen LogP contribution is -2.44. The van der Waals surface area contributed by atoms with E-state index < -0.39 is 0 Å². The molecule has 0 amide bonds. The predicted molar refractivity (Wildman–Crippen MR) is 71.5 cm³/mol. The molecule has 98 valence electrons. The van der Waals surface area contributed by atoms with Crippen LogP contribution in [0.4, 0.5) is 0 Å². The number of hydrogen-bond donors (Lipinski definition) is 0. The molecule has 1 aliphatic heterocycles. The Morgan fingerprint density at radius 2 is 2.22 bits per heavy atom. The molecule has 2 rings (SSSR count). The first-order valence-corrected chi connectivity index (χ1v) is 6.65. The second-order valence-corrected chi connectivity index (χ2v) is 5.00. The van der Waals surface area contributed by atoms with Gasteiger partial charge in [-0.15, -0.1) is 0 Å². The minimum atomic E-state index is -0.137. The summed E-state index contributed by atoms with van der Waals surface area (Å²) in [6.07, 6.45) is 3.08. The molecule has 1 aromatic rings. The molecule has 3 nitrogen and oxygen atoms in total. The van der Waals surface area contributed by atoms with Gasteiger partial charge in [-0.2, -0.15) is 0 Å². The van der Waals surface area contributed by atoms with E-state index >= 15 is 0 Å². The van der Waals surface area contributed by atoms with Crippen molar-refractivity contribution < 1.29 is 9.53 Å². The first-order chi connectivity index (χ1) is 8.72. The van der Waals surface area contributed by atoms with Gasteiger partial charge in [0.05, 0.1) is 7.11 Å². The maximum absolute atomic E-state index is 11.8. The van der Waals surface area contributed by atoms with Crippen molar-refractivity contribution in [3.63, 3.8) is 0 Å². The smallest absolute Gasteiger partial charge is 0.323 e. The molecule has 1 aliphatic rings. The molecule has 1 atom stereocenters. The number of ether oxygens (including phenoxy) is 1. The van der Waals surface area contributed by atoms with Gasteiger partial charge in [-0.3, -0.25) is 9.69 Å². The number of carbonyl (C=O) groups is 1. The van der Waals surface area contributed by atoms with Gasteiger partial charge < -0.3 is 4.74 Å². The number of carbonyl (C=O) groups excluding carboxylic acids is 1. The number of methoxy groups -OCH3 is 1. The number of esters is 1. The highest BCUT2D eigenvalue weighted by Gasteiger charge is 2.29. The Bertz CT molecular complexity index is 422. The Hall–Kier alpha value is -1.06. The molecule has 0 aliphatic carbocycles. The number of hydrogen-bond acceptors (Lipinski definition) is 3. The summed E-state index contributed by atoms with van der Waals surface area (Å²) in [4.78, 5) is 13.9. The fourth-order valence-electron chi connectivity index (χ4n) is 2.43. The van der Waals surface area contributed by atoms with E-state index in [1.54, 1.807) is 0 Å². The van der Waals surface area contributed by atoms with Crippen LogP contribution >= 0.6 is 11.6 Å². The van der Waals surface area contributed by atoms with E-state index in [4.69, 9.17) is 16.3 Å². The molecule has 0 unspecified atom stereocenters. The van der Waals surface area contributed by atoms with E-state index in [0.717, 1.165) is 36.4 Å². The van der Waals surface area contributed by atoms with Crippen molar-refractivity contribution in [1.29, 1.82) is 0 Å². The number of nitrogens with zero attached hydrogens (tertiary/aromatic N) is 1. The van der Waals surface area contributed by atoms with Crippen LogP contribution in [0.5, 0.6) is 0 Å². The van der Waals surface area contributed by atoms with Crippen molar-refractivity contribution in [2.75, 3.05) is 13.7 Å². The van der Waals surface area contributed by atoms with Crippen molar-refractivity contribution in [2.45, 2.75) is 31.8 Å². The molecule has 1 aromatic carbocycles. The largest absolute Gasteiger partial charge is 0.468 e.